The van der Waals surface area contributed by atoms with E-state index in [1.54, 1.807) is 19.1 Å². The van der Waals surface area contributed by atoms with Crippen molar-refractivity contribution in [3.8, 4) is 16.9 Å². The molecule has 204 valence electrons. The summed E-state index contributed by atoms with van der Waals surface area (Å²) in [5, 5.41) is 56.9. The fourth-order valence-electron chi connectivity index (χ4n) is 6.48. The Morgan fingerprint density at radius 2 is 1.67 bits per heavy atom. The molecule has 0 aliphatic heterocycles. The zero-order valence-electron chi connectivity index (χ0n) is 21.2. The maximum absolute atomic E-state index is 14.0. The number of rotatable bonds is 3. The number of fused-ring (bicyclic) bond motifs is 3. The van der Waals surface area contributed by atoms with Gasteiger partial charge in [0.05, 0.1) is 23.6 Å². The van der Waals surface area contributed by atoms with Gasteiger partial charge < -0.3 is 31.3 Å². The van der Waals surface area contributed by atoms with Gasteiger partial charge in [0.2, 0.25) is 5.78 Å². The predicted molar refractivity (Wildman–Crippen MR) is 136 cm³/mol. The van der Waals surface area contributed by atoms with Crippen molar-refractivity contribution in [1.82, 2.24) is 4.90 Å². The second-order valence-corrected chi connectivity index (χ2v) is 10.5. The Hall–Kier alpha value is -4.06. The van der Waals surface area contributed by atoms with Crippen molar-refractivity contribution in [3.05, 3.63) is 70.2 Å². The molecule has 7 N–H and O–H groups in total. The van der Waals surface area contributed by atoms with Crippen LogP contribution in [0.1, 0.15) is 24.0 Å². The number of aromatic hydroxyl groups is 1. The Kier molecular flexibility index (Phi) is 5.94. The largest absolute Gasteiger partial charge is 0.508 e. The number of amides is 1. The molecule has 6 atom stereocenters. The van der Waals surface area contributed by atoms with Crippen LogP contribution in [0.2, 0.25) is 0 Å². The lowest BCUT2D eigenvalue weighted by Gasteiger charge is -2.53. The Labute approximate surface area is 222 Å². The van der Waals surface area contributed by atoms with Gasteiger partial charge >= 0.3 is 0 Å². The van der Waals surface area contributed by atoms with E-state index in [0.717, 1.165) is 0 Å². The molecule has 1 amide bonds. The lowest BCUT2D eigenvalue weighted by molar-refractivity contribution is -0.169. The quantitative estimate of drug-likeness (QED) is 0.314. The molecule has 3 aliphatic carbocycles. The topological polar surface area (TPSA) is 182 Å². The number of benzene rings is 2. The molecule has 0 aromatic heterocycles. The lowest BCUT2D eigenvalue weighted by Crippen LogP contribution is -2.70. The summed E-state index contributed by atoms with van der Waals surface area (Å²) in [7, 11) is 2.89. The highest BCUT2D eigenvalue weighted by Gasteiger charge is 2.68. The molecule has 0 unspecified atom stereocenters. The molecule has 0 heterocycles. The van der Waals surface area contributed by atoms with Crippen molar-refractivity contribution in [2.24, 2.45) is 17.6 Å². The number of hydrogen-bond donors (Lipinski definition) is 6. The van der Waals surface area contributed by atoms with Crippen LogP contribution in [0.15, 0.2) is 53.3 Å². The third-order valence-electron chi connectivity index (χ3n) is 8.28. The van der Waals surface area contributed by atoms with Gasteiger partial charge in [-0.2, -0.15) is 0 Å². The number of ketones is 2. The third kappa shape index (κ3) is 3.40. The van der Waals surface area contributed by atoms with Gasteiger partial charge in [-0.1, -0.05) is 31.2 Å². The smallest absolute Gasteiger partial charge is 0.255 e. The van der Waals surface area contributed by atoms with Gasteiger partial charge in [-0.15, -0.1) is 0 Å². The molecule has 1 fully saturated rings. The molecule has 0 radical (unpaired) electrons. The Bertz CT molecular complexity index is 1510. The van der Waals surface area contributed by atoms with Gasteiger partial charge in [0.25, 0.3) is 5.91 Å². The monoisotopic (exact) mass is 538 g/mol. The Balaban J connectivity index is 1.78. The van der Waals surface area contributed by atoms with Crippen molar-refractivity contribution in [2.75, 3.05) is 14.1 Å². The van der Waals surface area contributed by atoms with Crippen LogP contribution in [-0.4, -0.2) is 79.7 Å². The first-order chi connectivity index (χ1) is 18.2. The number of likely N-dealkylation sites (N-methyl/N-ethyl adjacent to an activating group) is 1. The minimum absolute atomic E-state index is 0.132. The lowest BCUT2D eigenvalue weighted by atomic mass is 9.54. The van der Waals surface area contributed by atoms with E-state index in [-0.39, 0.29) is 11.1 Å². The molecular formula is C28H27FN2O8. The maximum atomic E-state index is 14.0. The summed E-state index contributed by atoms with van der Waals surface area (Å²) in [5.41, 5.74) is 1.78. The number of phenolic OH excluding ortho intramolecular Hbond substituents is 1. The normalized spacial score (nSPS) is 30.3. The van der Waals surface area contributed by atoms with E-state index in [0.29, 0.717) is 11.1 Å². The molecule has 10 nitrogen and oxygen atoms in total. The zero-order chi connectivity index (χ0) is 28.7. The summed E-state index contributed by atoms with van der Waals surface area (Å²) in [6.07, 6.45) is -1.67. The highest BCUT2D eigenvalue weighted by atomic mass is 19.1. The average Bonchev–Trinajstić information content (AvgIpc) is 2.86. The molecule has 0 spiro atoms. The van der Waals surface area contributed by atoms with E-state index in [4.69, 9.17) is 5.73 Å². The van der Waals surface area contributed by atoms with Gasteiger partial charge in [0.15, 0.2) is 11.4 Å². The van der Waals surface area contributed by atoms with Crippen molar-refractivity contribution in [1.29, 1.82) is 0 Å². The number of nitrogens with zero attached hydrogens (tertiary/aromatic N) is 1. The van der Waals surface area contributed by atoms with E-state index in [9.17, 15) is 44.3 Å². The van der Waals surface area contributed by atoms with E-state index in [2.05, 4.69) is 0 Å². The Morgan fingerprint density at radius 3 is 2.23 bits per heavy atom. The van der Waals surface area contributed by atoms with Gasteiger partial charge in [-0.3, -0.25) is 19.3 Å². The number of carbonyl (C=O) groups is 3. The van der Waals surface area contributed by atoms with E-state index in [1.807, 2.05) is 0 Å². The fraction of sp³-hybridized carbons (Fsp3) is 0.321. The molecule has 3 aliphatic rings. The summed E-state index contributed by atoms with van der Waals surface area (Å²) in [4.78, 5) is 40.6. The number of aliphatic hydroxyl groups is 4. The second kappa shape index (κ2) is 8.73. The number of hydrogen-bond acceptors (Lipinski definition) is 9. The number of phenols is 1. The SMILES string of the molecule is C[C@H]1c2ccc(-c3ccc(F)cc3)c(O)c2C(O)=C2C(=O)[C@]3(O)C(O)=C(C(N)=O)C(=O)[C@@H](N(C)C)[C@@H]3[C@@H](O)[C@@H]21. The maximum Gasteiger partial charge on any atom is 0.255 e. The highest BCUT2D eigenvalue weighted by molar-refractivity contribution is 6.24. The van der Waals surface area contributed by atoms with Crippen LogP contribution in [0, 0.1) is 17.7 Å². The molecule has 39 heavy (non-hydrogen) atoms. The summed E-state index contributed by atoms with van der Waals surface area (Å²) in [5.74, 6) is -10.0. The van der Waals surface area contributed by atoms with Gasteiger partial charge in [-0.05, 0) is 43.3 Å². The molecule has 2 aromatic carbocycles. The van der Waals surface area contributed by atoms with E-state index >= 15 is 0 Å². The minimum Gasteiger partial charge on any atom is -0.508 e. The molecule has 5 rings (SSSR count). The number of nitrogens with two attached hydrogens (primary N) is 1. The summed E-state index contributed by atoms with van der Waals surface area (Å²) in [6, 6.07) is 6.98. The molecule has 11 heteroatoms. The third-order valence-corrected chi connectivity index (χ3v) is 8.28. The number of primary amides is 1. The molecule has 0 bridgehead atoms. The molecule has 0 saturated heterocycles. The summed E-state index contributed by atoms with van der Waals surface area (Å²) < 4.78 is 13.5. The second-order valence-electron chi connectivity index (χ2n) is 10.5. The van der Waals surface area contributed by atoms with Crippen molar-refractivity contribution in [3.63, 3.8) is 0 Å². The van der Waals surface area contributed by atoms with E-state index < -0.39 is 87.2 Å². The number of aliphatic hydroxyl groups excluding tert-OH is 3. The Morgan fingerprint density at radius 1 is 1.05 bits per heavy atom. The van der Waals surface area contributed by atoms with Crippen LogP contribution in [0.25, 0.3) is 16.9 Å². The molecule has 1 saturated carbocycles. The van der Waals surface area contributed by atoms with Crippen molar-refractivity contribution >= 4 is 23.2 Å². The van der Waals surface area contributed by atoms with Crippen LogP contribution in [0.5, 0.6) is 5.75 Å². The predicted octanol–water partition coefficient (Wildman–Crippen LogP) is 1.30. The van der Waals surface area contributed by atoms with Crippen LogP contribution in [0.4, 0.5) is 4.39 Å². The van der Waals surface area contributed by atoms with Crippen molar-refractivity contribution < 1.29 is 44.3 Å². The number of carbonyl (C=O) groups excluding carboxylic acids is 3. The van der Waals surface area contributed by atoms with E-state index in [1.165, 1.54) is 43.3 Å². The van der Waals surface area contributed by atoms with Gasteiger partial charge in [-0.25, -0.2) is 4.39 Å². The first-order valence-electron chi connectivity index (χ1n) is 12.2. The molecule has 2 aromatic rings. The zero-order valence-corrected chi connectivity index (χ0v) is 21.2. The number of Topliss-reactive ketones (excluding diaryl/α,β-unsaturated/α-hetero) is 2. The van der Waals surface area contributed by atoms with Gasteiger partial charge in [0, 0.05) is 17.1 Å². The summed E-state index contributed by atoms with van der Waals surface area (Å²) in [6.45, 7) is 1.65. The van der Waals surface area contributed by atoms with Crippen LogP contribution < -0.4 is 5.73 Å². The molecular weight excluding hydrogens is 511 g/mol. The minimum atomic E-state index is -2.98. The standard InChI is InChI=1S/C28H27FN2O8/c1-10-13-8-9-14(11-4-6-12(29)7-5-11)21(32)16(13)22(33)17-15(10)23(34)19-20(31(2)3)24(35)18(27(30)38)26(37)28(19,39)25(17)36/h4-10,15,19-20,23,32-34,37,39H,1-3H3,(H2,30,38)/t10-,15+,19+,20-,23-,28-/m0/s1. The van der Waals surface area contributed by atoms with Crippen LogP contribution in [0.3, 0.4) is 0 Å². The number of halogens is 1. The first-order valence-corrected chi connectivity index (χ1v) is 12.2. The van der Waals surface area contributed by atoms with Crippen LogP contribution >= 0.6 is 0 Å². The summed E-state index contributed by atoms with van der Waals surface area (Å²) >= 11 is 0. The van der Waals surface area contributed by atoms with Gasteiger partial charge in [0.1, 0.15) is 28.7 Å². The van der Waals surface area contributed by atoms with Crippen molar-refractivity contribution in [2.45, 2.75) is 30.6 Å². The highest BCUT2D eigenvalue weighted by Crippen LogP contribution is 2.56. The van der Waals surface area contributed by atoms with Crippen LogP contribution in [-0.2, 0) is 14.4 Å². The fourth-order valence-corrected chi connectivity index (χ4v) is 6.48. The first kappa shape index (κ1) is 26.5. The average molecular weight is 539 g/mol.